The zero-order valence-electron chi connectivity index (χ0n) is 11.6. The fourth-order valence-electron chi connectivity index (χ4n) is 2.26. The number of nitrogens with two attached hydrogens (primary N) is 1. The van der Waals surface area contributed by atoms with Gasteiger partial charge in [-0.2, -0.15) is 0 Å². The van der Waals surface area contributed by atoms with Crippen LogP contribution < -0.4 is 5.73 Å². The molecule has 1 aromatic rings. The first-order valence-electron chi connectivity index (χ1n) is 6.45. The zero-order valence-corrected chi connectivity index (χ0v) is 12.3. The van der Waals surface area contributed by atoms with Crippen LogP contribution in [0.1, 0.15) is 18.5 Å². The summed E-state index contributed by atoms with van der Waals surface area (Å²) in [5.74, 6) is 0. The van der Waals surface area contributed by atoms with Crippen molar-refractivity contribution in [1.82, 2.24) is 4.90 Å². The minimum atomic E-state index is -0.0677. The van der Waals surface area contributed by atoms with Crippen LogP contribution in [0, 0.1) is 0 Å². The van der Waals surface area contributed by atoms with Gasteiger partial charge in [-0.05, 0) is 24.6 Å². The number of benzene rings is 1. The SMILES string of the molecule is COCCN(CCO)C(c1cccc(Cl)c1)C(C)N. The highest BCUT2D eigenvalue weighted by atomic mass is 35.5. The van der Waals surface area contributed by atoms with Gasteiger partial charge in [0.25, 0.3) is 0 Å². The Bertz CT molecular complexity index is 374. The van der Waals surface area contributed by atoms with Gasteiger partial charge in [0.2, 0.25) is 0 Å². The van der Waals surface area contributed by atoms with Gasteiger partial charge in [-0.25, -0.2) is 0 Å². The Morgan fingerprint density at radius 1 is 1.42 bits per heavy atom. The third-order valence-electron chi connectivity index (χ3n) is 3.05. The Morgan fingerprint density at radius 3 is 2.68 bits per heavy atom. The van der Waals surface area contributed by atoms with Crippen LogP contribution in [0.2, 0.25) is 5.02 Å². The highest BCUT2D eigenvalue weighted by Crippen LogP contribution is 2.25. The van der Waals surface area contributed by atoms with Crippen LogP contribution in [-0.4, -0.2) is 49.5 Å². The number of aliphatic hydroxyl groups excluding tert-OH is 1. The molecule has 0 spiro atoms. The third kappa shape index (κ3) is 5.09. The largest absolute Gasteiger partial charge is 0.395 e. The minimum absolute atomic E-state index is 0.0148. The van der Waals surface area contributed by atoms with Crippen molar-refractivity contribution in [3.8, 4) is 0 Å². The minimum Gasteiger partial charge on any atom is -0.395 e. The molecule has 4 nitrogen and oxygen atoms in total. The van der Waals surface area contributed by atoms with E-state index < -0.39 is 0 Å². The molecule has 0 aliphatic rings. The predicted octanol–water partition coefficient (Wildman–Crippen LogP) is 1.67. The van der Waals surface area contributed by atoms with E-state index in [1.54, 1.807) is 7.11 Å². The van der Waals surface area contributed by atoms with Crippen LogP contribution in [0.3, 0.4) is 0 Å². The van der Waals surface area contributed by atoms with E-state index in [1.807, 2.05) is 31.2 Å². The molecule has 0 saturated heterocycles. The Balaban J connectivity index is 2.95. The van der Waals surface area contributed by atoms with Crippen molar-refractivity contribution in [3.05, 3.63) is 34.9 Å². The van der Waals surface area contributed by atoms with E-state index >= 15 is 0 Å². The lowest BCUT2D eigenvalue weighted by Gasteiger charge is -2.34. The predicted molar refractivity (Wildman–Crippen MR) is 78.4 cm³/mol. The molecule has 1 rings (SSSR count). The Labute approximate surface area is 120 Å². The van der Waals surface area contributed by atoms with Gasteiger partial charge in [0.05, 0.1) is 13.2 Å². The van der Waals surface area contributed by atoms with Crippen LogP contribution >= 0.6 is 11.6 Å². The molecule has 2 unspecified atom stereocenters. The summed E-state index contributed by atoms with van der Waals surface area (Å²) >= 11 is 6.05. The monoisotopic (exact) mass is 286 g/mol. The summed E-state index contributed by atoms with van der Waals surface area (Å²) in [6.07, 6.45) is 0. The maximum absolute atomic E-state index is 9.22. The van der Waals surface area contributed by atoms with Crippen molar-refractivity contribution >= 4 is 11.6 Å². The number of hydrogen-bond donors (Lipinski definition) is 2. The van der Waals surface area contributed by atoms with Crippen LogP contribution in [-0.2, 0) is 4.74 Å². The second-order valence-corrected chi connectivity index (χ2v) is 5.05. The molecule has 5 heteroatoms. The first-order valence-corrected chi connectivity index (χ1v) is 6.82. The van der Waals surface area contributed by atoms with E-state index in [-0.39, 0.29) is 18.7 Å². The summed E-state index contributed by atoms with van der Waals surface area (Å²) in [6.45, 7) is 3.93. The highest BCUT2D eigenvalue weighted by Gasteiger charge is 2.23. The summed E-state index contributed by atoms with van der Waals surface area (Å²) in [4.78, 5) is 2.12. The second-order valence-electron chi connectivity index (χ2n) is 4.61. The topological polar surface area (TPSA) is 58.7 Å². The number of aliphatic hydroxyl groups is 1. The first-order chi connectivity index (χ1) is 9.10. The molecule has 0 aromatic heterocycles. The molecule has 0 aliphatic carbocycles. The molecule has 0 heterocycles. The molecule has 108 valence electrons. The quantitative estimate of drug-likeness (QED) is 0.763. The molecule has 19 heavy (non-hydrogen) atoms. The van der Waals surface area contributed by atoms with Gasteiger partial charge < -0.3 is 15.6 Å². The van der Waals surface area contributed by atoms with Crippen molar-refractivity contribution in [3.63, 3.8) is 0 Å². The maximum atomic E-state index is 9.22. The van der Waals surface area contributed by atoms with Crippen molar-refractivity contribution in [2.24, 2.45) is 5.73 Å². The average Bonchev–Trinajstić information content (AvgIpc) is 2.36. The fourth-order valence-corrected chi connectivity index (χ4v) is 2.46. The van der Waals surface area contributed by atoms with Crippen LogP contribution in [0.4, 0.5) is 0 Å². The lowest BCUT2D eigenvalue weighted by atomic mass is 9.99. The standard InChI is InChI=1S/C14H23ClN2O2/c1-11(16)14(12-4-3-5-13(15)10-12)17(6-8-18)7-9-19-2/h3-5,10-11,14,18H,6-9,16H2,1-2H3. The van der Waals surface area contributed by atoms with Crippen molar-refractivity contribution < 1.29 is 9.84 Å². The molecule has 0 saturated carbocycles. The number of rotatable bonds is 8. The van der Waals surface area contributed by atoms with Crippen LogP contribution in [0.15, 0.2) is 24.3 Å². The van der Waals surface area contributed by atoms with Gasteiger partial charge >= 0.3 is 0 Å². The summed E-state index contributed by atoms with van der Waals surface area (Å²) < 4.78 is 5.12. The van der Waals surface area contributed by atoms with Crippen LogP contribution in [0.25, 0.3) is 0 Å². The van der Waals surface area contributed by atoms with Crippen molar-refractivity contribution in [2.45, 2.75) is 19.0 Å². The van der Waals surface area contributed by atoms with E-state index in [9.17, 15) is 5.11 Å². The molecule has 1 aromatic carbocycles. The number of nitrogens with zero attached hydrogens (tertiary/aromatic N) is 1. The maximum Gasteiger partial charge on any atom is 0.0589 e. The zero-order chi connectivity index (χ0) is 14.3. The molecular formula is C14H23ClN2O2. The van der Waals surface area contributed by atoms with E-state index in [0.29, 0.717) is 18.2 Å². The van der Waals surface area contributed by atoms with Crippen molar-refractivity contribution in [1.29, 1.82) is 0 Å². The molecule has 0 bridgehead atoms. The highest BCUT2D eigenvalue weighted by molar-refractivity contribution is 6.30. The number of methoxy groups -OCH3 is 1. The molecule has 3 N–H and O–H groups in total. The lowest BCUT2D eigenvalue weighted by molar-refractivity contribution is 0.0929. The molecule has 0 amide bonds. The average molecular weight is 287 g/mol. The van der Waals surface area contributed by atoms with Gasteiger partial charge in [0.15, 0.2) is 0 Å². The third-order valence-corrected chi connectivity index (χ3v) is 3.29. The number of hydrogen-bond acceptors (Lipinski definition) is 4. The first kappa shape index (κ1) is 16.4. The van der Waals surface area contributed by atoms with E-state index in [0.717, 1.165) is 12.1 Å². The molecule has 0 fully saturated rings. The summed E-state index contributed by atoms with van der Waals surface area (Å²) in [5, 5.41) is 9.91. The van der Waals surface area contributed by atoms with Crippen molar-refractivity contribution in [2.75, 3.05) is 33.4 Å². The Kier molecular flexibility index (Phi) is 7.34. The van der Waals surface area contributed by atoms with Gasteiger partial charge in [0, 0.05) is 37.3 Å². The second kappa shape index (κ2) is 8.51. The van der Waals surface area contributed by atoms with Crippen LogP contribution in [0.5, 0.6) is 0 Å². The smallest absolute Gasteiger partial charge is 0.0589 e. The van der Waals surface area contributed by atoms with Gasteiger partial charge in [0.1, 0.15) is 0 Å². The van der Waals surface area contributed by atoms with E-state index in [1.165, 1.54) is 0 Å². The lowest BCUT2D eigenvalue weighted by Crippen LogP contribution is -2.42. The van der Waals surface area contributed by atoms with E-state index in [2.05, 4.69) is 4.90 Å². The Morgan fingerprint density at radius 2 is 2.16 bits per heavy atom. The van der Waals surface area contributed by atoms with Gasteiger partial charge in [-0.1, -0.05) is 23.7 Å². The Hall–Kier alpha value is -0.650. The fraction of sp³-hybridized carbons (Fsp3) is 0.571. The number of halogens is 1. The molecular weight excluding hydrogens is 264 g/mol. The molecule has 0 radical (unpaired) electrons. The van der Waals surface area contributed by atoms with E-state index in [4.69, 9.17) is 22.1 Å². The summed E-state index contributed by atoms with van der Waals surface area (Å²) in [7, 11) is 1.66. The normalized spacial score (nSPS) is 14.6. The summed E-state index contributed by atoms with van der Waals surface area (Å²) in [6, 6.07) is 7.64. The summed E-state index contributed by atoms with van der Waals surface area (Å²) in [5.41, 5.74) is 7.18. The molecule has 2 atom stereocenters. The van der Waals surface area contributed by atoms with Gasteiger partial charge in [-0.15, -0.1) is 0 Å². The molecule has 0 aliphatic heterocycles. The van der Waals surface area contributed by atoms with Gasteiger partial charge in [-0.3, -0.25) is 4.90 Å². The number of ether oxygens (including phenoxy) is 1.